The maximum atomic E-state index is 11.7. The van der Waals surface area contributed by atoms with Crippen molar-refractivity contribution in [2.45, 2.75) is 31.4 Å². The van der Waals surface area contributed by atoms with Crippen LogP contribution >= 0.6 is 0 Å². The molecule has 1 saturated carbocycles. The number of nitrogens with zero attached hydrogens (tertiary/aromatic N) is 2. The summed E-state index contributed by atoms with van der Waals surface area (Å²) in [6.45, 7) is 2.73. The summed E-state index contributed by atoms with van der Waals surface area (Å²) in [4.78, 5) is 20.3. The Morgan fingerprint density at radius 1 is 1.44 bits per heavy atom. The van der Waals surface area contributed by atoms with Gasteiger partial charge >= 0.3 is 0 Å². The zero-order valence-corrected chi connectivity index (χ0v) is 15.0. The van der Waals surface area contributed by atoms with Crippen molar-refractivity contribution in [2.24, 2.45) is 5.73 Å². The van der Waals surface area contributed by atoms with E-state index in [4.69, 9.17) is 10.5 Å². The zero-order chi connectivity index (χ0) is 19.0. The van der Waals surface area contributed by atoms with Crippen LogP contribution in [0.25, 0.3) is 0 Å². The van der Waals surface area contributed by atoms with Crippen LogP contribution in [0.15, 0.2) is 24.4 Å². The number of rotatable bonds is 5. The lowest BCUT2D eigenvalue weighted by atomic mass is 10.2. The average Bonchev–Trinajstić information content (AvgIpc) is 3.38. The Morgan fingerprint density at radius 3 is 3.00 bits per heavy atom. The molecule has 27 heavy (non-hydrogen) atoms. The number of nitrogens with two attached hydrogens (primary N) is 1. The largest absolute Gasteiger partial charge is 0.489 e. The van der Waals surface area contributed by atoms with Gasteiger partial charge in [-0.2, -0.15) is 4.98 Å². The van der Waals surface area contributed by atoms with E-state index < -0.39 is 12.0 Å². The highest BCUT2D eigenvalue weighted by molar-refractivity contribution is 5.97. The number of nitrogens with one attached hydrogen (secondary N) is 3. The van der Waals surface area contributed by atoms with E-state index >= 15 is 0 Å². The third kappa shape index (κ3) is 3.87. The number of aromatic nitrogens is 2. The van der Waals surface area contributed by atoms with Crippen LogP contribution < -0.4 is 26.4 Å². The number of aliphatic hydroxyl groups is 1. The number of aliphatic hydroxyl groups excluding tert-OH is 1. The first-order valence-electron chi connectivity index (χ1n) is 8.83. The van der Waals surface area contributed by atoms with Crippen molar-refractivity contribution in [3.8, 4) is 5.75 Å². The fraction of sp³-hybridized carbons (Fsp3) is 0.389. The van der Waals surface area contributed by atoms with E-state index in [0.29, 0.717) is 24.1 Å². The van der Waals surface area contributed by atoms with Crippen molar-refractivity contribution in [3.63, 3.8) is 0 Å². The molecule has 1 aromatic carbocycles. The fourth-order valence-corrected chi connectivity index (χ4v) is 2.79. The number of carbonyl (C=O) groups excluding carboxylic acids is 1. The summed E-state index contributed by atoms with van der Waals surface area (Å²) in [5.74, 6) is 0.880. The number of benzene rings is 1. The van der Waals surface area contributed by atoms with Crippen molar-refractivity contribution in [1.29, 1.82) is 0 Å². The van der Waals surface area contributed by atoms with Gasteiger partial charge in [-0.15, -0.1) is 0 Å². The maximum absolute atomic E-state index is 11.7. The Balaban J connectivity index is 1.57. The number of ether oxygens (including phenoxy) is 1. The van der Waals surface area contributed by atoms with Crippen LogP contribution in [0, 0.1) is 0 Å². The Kier molecular flexibility index (Phi) is 4.23. The first-order chi connectivity index (χ1) is 12.9. The highest BCUT2D eigenvalue weighted by atomic mass is 16.5. The summed E-state index contributed by atoms with van der Waals surface area (Å²) in [7, 11) is 0. The van der Waals surface area contributed by atoms with E-state index in [-0.39, 0.29) is 17.7 Å². The molecule has 9 heteroatoms. The summed E-state index contributed by atoms with van der Waals surface area (Å²) < 4.78 is 5.56. The van der Waals surface area contributed by atoms with Gasteiger partial charge < -0.3 is 31.5 Å². The molecular weight excluding hydrogens is 348 g/mol. The van der Waals surface area contributed by atoms with Crippen LogP contribution in [-0.2, 0) is 0 Å². The topological polar surface area (TPSA) is 134 Å². The molecule has 0 spiro atoms. The summed E-state index contributed by atoms with van der Waals surface area (Å²) in [5, 5.41) is 19.2. The molecule has 0 bridgehead atoms. The molecule has 1 amide bonds. The number of carbonyl (C=O) groups is 1. The molecule has 142 valence electrons. The van der Waals surface area contributed by atoms with Crippen molar-refractivity contribution >= 4 is 29.0 Å². The van der Waals surface area contributed by atoms with E-state index in [1.165, 1.54) is 6.20 Å². The molecule has 6 N–H and O–H groups in total. The monoisotopic (exact) mass is 370 g/mol. The van der Waals surface area contributed by atoms with Gasteiger partial charge in [0.25, 0.3) is 5.91 Å². The van der Waals surface area contributed by atoms with Crippen LogP contribution in [0.5, 0.6) is 5.75 Å². The number of primary amides is 1. The Labute approximate surface area is 156 Å². The molecule has 2 aliphatic rings. The number of amides is 1. The summed E-state index contributed by atoms with van der Waals surface area (Å²) in [5.41, 5.74) is 7.17. The molecule has 0 unspecified atom stereocenters. The minimum Gasteiger partial charge on any atom is -0.489 e. The van der Waals surface area contributed by atoms with Gasteiger partial charge in [-0.05, 0) is 38.0 Å². The Bertz CT molecular complexity index is 883. The predicted molar refractivity (Wildman–Crippen MR) is 102 cm³/mol. The van der Waals surface area contributed by atoms with Crippen molar-refractivity contribution < 1.29 is 14.6 Å². The second kappa shape index (κ2) is 6.58. The second-order valence-corrected chi connectivity index (χ2v) is 7.19. The molecule has 1 aromatic heterocycles. The average molecular weight is 370 g/mol. The van der Waals surface area contributed by atoms with Gasteiger partial charge in [-0.3, -0.25) is 4.79 Å². The molecule has 1 aliphatic heterocycles. The lowest BCUT2D eigenvalue weighted by Crippen LogP contribution is -2.23. The summed E-state index contributed by atoms with van der Waals surface area (Å²) in [6.07, 6.45) is 2.89. The normalized spacial score (nSPS) is 19.7. The summed E-state index contributed by atoms with van der Waals surface area (Å²) >= 11 is 0. The number of hydrogen-bond acceptors (Lipinski definition) is 8. The first-order valence-corrected chi connectivity index (χ1v) is 8.83. The van der Waals surface area contributed by atoms with E-state index in [9.17, 15) is 9.90 Å². The van der Waals surface area contributed by atoms with Gasteiger partial charge in [-0.25, -0.2) is 4.98 Å². The zero-order valence-electron chi connectivity index (χ0n) is 15.0. The standard InChI is InChI=1S/C18H22N6O3/c1-18(4-5-18)24-16-12(15(19)26)8-21-17(23-16)22-10-2-3-14-13(6-10)20-7-11(25)9-27-14/h2-3,6,8,11,20,25H,4-5,7,9H2,1H3,(H2,19,26)(H2,21,22,23,24)/t11-/m0/s1. The molecule has 1 fully saturated rings. The van der Waals surface area contributed by atoms with Gasteiger partial charge in [0.1, 0.15) is 24.3 Å². The maximum Gasteiger partial charge on any atom is 0.254 e. The lowest BCUT2D eigenvalue weighted by molar-refractivity contribution is 0.100. The predicted octanol–water partition coefficient (Wildman–Crippen LogP) is 1.45. The molecule has 0 saturated heterocycles. The van der Waals surface area contributed by atoms with Gasteiger partial charge in [0.2, 0.25) is 5.95 Å². The quantitative estimate of drug-likeness (QED) is 0.534. The van der Waals surface area contributed by atoms with Gasteiger partial charge in [0.05, 0.1) is 11.3 Å². The van der Waals surface area contributed by atoms with Crippen LogP contribution in [0.4, 0.5) is 23.1 Å². The van der Waals surface area contributed by atoms with E-state index in [1.807, 2.05) is 18.2 Å². The van der Waals surface area contributed by atoms with Crippen LogP contribution in [0.3, 0.4) is 0 Å². The molecule has 4 rings (SSSR count). The minimum atomic E-state index is -0.571. The Hall–Kier alpha value is -3.07. The molecule has 9 nitrogen and oxygen atoms in total. The second-order valence-electron chi connectivity index (χ2n) is 7.19. The summed E-state index contributed by atoms with van der Waals surface area (Å²) in [6, 6.07) is 5.50. The third-order valence-corrected chi connectivity index (χ3v) is 4.67. The minimum absolute atomic E-state index is 0.0536. The number of hydrogen-bond donors (Lipinski definition) is 5. The van der Waals surface area contributed by atoms with E-state index in [2.05, 4.69) is 32.8 Å². The van der Waals surface area contributed by atoms with Crippen LogP contribution in [-0.4, -0.2) is 45.8 Å². The molecule has 0 radical (unpaired) electrons. The SMILES string of the molecule is CC1(Nc2nc(Nc3ccc4c(c3)NC[C@H](O)CO4)ncc2C(N)=O)CC1. The molecule has 1 atom stereocenters. The molecule has 2 heterocycles. The molecule has 2 aromatic rings. The van der Waals surface area contributed by atoms with Crippen molar-refractivity contribution in [2.75, 3.05) is 29.1 Å². The number of β-amino-alcohol motifs (C(OH)–C–C–N with tert-alkyl or cyclic N) is 1. The smallest absolute Gasteiger partial charge is 0.254 e. The highest BCUT2D eigenvalue weighted by Crippen LogP contribution is 2.38. The van der Waals surface area contributed by atoms with Gasteiger partial charge in [0.15, 0.2) is 0 Å². The van der Waals surface area contributed by atoms with Crippen molar-refractivity contribution in [3.05, 3.63) is 30.0 Å². The van der Waals surface area contributed by atoms with Crippen LogP contribution in [0.1, 0.15) is 30.1 Å². The lowest BCUT2D eigenvalue weighted by Gasteiger charge is -2.16. The molecule has 1 aliphatic carbocycles. The van der Waals surface area contributed by atoms with Crippen molar-refractivity contribution in [1.82, 2.24) is 9.97 Å². The molecular formula is C18H22N6O3. The van der Waals surface area contributed by atoms with Crippen LogP contribution in [0.2, 0.25) is 0 Å². The first kappa shape index (κ1) is 17.3. The third-order valence-electron chi connectivity index (χ3n) is 4.67. The number of fused-ring (bicyclic) bond motifs is 1. The van der Waals surface area contributed by atoms with Gasteiger partial charge in [-0.1, -0.05) is 0 Å². The number of anilines is 4. The fourth-order valence-electron chi connectivity index (χ4n) is 2.79. The highest BCUT2D eigenvalue weighted by Gasteiger charge is 2.38. The van der Waals surface area contributed by atoms with E-state index in [1.54, 1.807) is 0 Å². The van der Waals surface area contributed by atoms with Gasteiger partial charge in [0, 0.05) is 24.0 Å². The van der Waals surface area contributed by atoms with E-state index in [0.717, 1.165) is 24.2 Å². The Morgan fingerprint density at radius 2 is 2.26 bits per heavy atom.